The minimum absolute atomic E-state index is 0.314. The molecule has 1 atom stereocenters. The maximum atomic E-state index is 12.2. The summed E-state index contributed by atoms with van der Waals surface area (Å²) in [7, 11) is -3.41. The van der Waals surface area contributed by atoms with E-state index in [-0.39, 0.29) is 0 Å². The fraction of sp³-hybridized carbons (Fsp3) is 0.438. The van der Waals surface area contributed by atoms with Crippen LogP contribution in [0.1, 0.15) is 24.5 Å². The Bertz CT molecular complexity index is 701. The molecule has 2 N–H and O–H groups in total. The molecule has 2 aromatic rings. The number of H-pyrrole nitrogens is 1. The predicted molar refractivity (Wildman–Crippen MR) is 88.6 cm³/mol. The highest BCUT2D eigenvalue weighted by molar-refractivity contribution is 7.89. The van der Waals surface area contributed by atoms with Crippen molar-refractivity contribution >= 4 is 10.0 Å². The van der Waals surface area contributed by atoms with Crippen molar-refractivity contribution in [2.24, 2.45) is 0 Å². The number of benzene rings is 1. The van der Waals surface area contributed by atoms with E-state index in [1.54, 1.807) is 30.5 Å². The van der Waals surface area contributed by atoms with Crippen LogP contribution >= 0.6 is 0 Å². The molecule has 7 heteroatoms. The molecule has 0 aliphatic carbocycles. The van der Waals surface area contributed by atoms with Gasteiger partial charge in [0.05, 0.1) is 4.90 Å². The number of nitrogens with zero attached hydrogens (tertiary/aromatic N) is 2. The van der Waals surface area contributed by atoms with E-state index in [1.165, 1.54) is 5.69 Å². The second kappa shape index (κ2) is 7.25. The molecule has 23 heavy (non-hydrogen) atoms. The Morgan fingerprint density at radius 2 is 2.09 bits per heavy atom. The minimum Gasteiger partial charge on any atom is -0.301 e. The molecule has 2 heterocycles. The lowest BCUT2D eigenvalue weighted by Gasteiger charge is -2.32. The Hall–Kier alpha value is -1.70. The van der Waals surface area contributed by atoms with Gasteiger partial charge in [-0.3, -0.25) is 5.10 Å². The van der Waals surface area contributed by atoms with Gasteiger partial charge >= 0.3 is 0 Å². The Morgan fingerprint density at radius 1 is 1.26 bits per heavy atom. The number of hydrogen-bond acceptors (Lipinski definition) is 4. The van der Waals surface area contributed by atoms with E-state index in [1.807, 2.05) is 12.1 Å². The zero-order valence-corrected chi connectivity index (χ0v) is 13.8. The minimum atomic E-state index is -3.41. The van der Waals surface area contributed by atoms with E-state index in [0.29, 0.717) is 17.4 Å². The highest BCUT2D eigenvalue weighted by atomic mass is 32.2. The lowest BCUT2D eigenvalue weighted by molar-refractivity contribution is 0.209. The summed E-state index contributed by atoms with van der Waals surface area (Å²) in [5.74, 6) is 0.456. The van der Waals surface area contributed by atoms with Gasteiger partial charge in [-0.05, 0) is 37.6 Å². The Balaban J connectivity index is 1.51. The third-order valence-electron chi connectivity index (χ3n) is 4.24. The third-order valence-corrected chi connectivity index (χ3v) is 5.72. The van der Waals surface area contributed by atoms with Gasteiger partial charge < -0.3 is 4.90 Å². The van der Waals surface area contributed by atoms with Gasteiger partial charge in [0.15, 0.2) is 0 Å². The molecule has 0 radical (unpaired) electrons. The van der Waals surface area contributed by atoms with Gasteiger partial charge in [0.1, 0.15) is 0 Å². The van der Waals surface area contributed by atoms with Crippen molar-refractivity contribution in [3.8, 4) is 0 Å². The number of rotatable bonds is 6. The molecule has 1 aromatic carbocycles. The summed E-state index contributed by atoms with van der Waals surface area (Å²) in [5, 5.41) is 7.06. The zero-order chi connectivity index (χ0) is 16.1. The molecule has 0 amide bonds. The van der Waals surface area contributed by atoms with E-state index in [2.05, 4.69) is 19.8 Å². The first-order valence-corrected chi connectivity index (χ1v) is 9.40. The van der Waals surface area contributed by atoms with Crippen LogP contribution in [0.15, 0.2) is 47.5 Å². The second-order valence-electron chi connectivity index (χ2n) is 5.86. The standard InChI is InChI=1S/C16H22N4O2S/c21-23(22,15-6-2-1-3-7-15)18-10-12-20-11-4-5-14(13-20)16-8-9-17-19-16/h1-3,6-9,14,18H,4-5,10-13H2,(H,17,19)/t14-/m0/s1. The summed E-state index contributed by atoms with van der Waals surface area (Å²) in [6.45, 7) is 3.09. The SMILES string of the molecule is O=S(=O)(NCCN1CCC[C@H](c2ccn[nH]2)C1)c1ccccc1. The predicted octanol–water partition coefficient (Wildman–Crippen LogP) is 1.57. The van der Waals surface area contributed by atoms with Crippen LogP contribution in [0.5, 0.6) is 0 Å². The Morgan fingerprint density at radius 3 is 2.83 bits per heavy atom. The van der Waals surface area contributed by atoms with Crippen molar-refractivity contribution in [1.29, 1.82) is 0 Å². The first kappa shape index (κ1) is 16.2. The topological polar surface area (TPSA) is 78.1 Å². The van der Waals surface area contributed by atoms with Gasteiger partial charge in [0.2, 0.25) is 10.0 Å². The number of nitrogens with one attached hydrogen (secondary N) is 2. The summed E-state index contributed by atoms with van der Waals surface area (Å²) in [6.07, 6.45) is 4.05. The van der Waals surface area contributed by atoms with Crippen molar-refractivity contribution in [3.63, 3.8) is 0 Å². The van der Waals surface area contributed by atoms with E-state index in [0.717, 1.165) is 32.5 Å². The van der Waals surface area contributed by atoms with Crippen LogP contribution in [0.3, 0.4) is 0 Å². The van der Waals surface area contributed by atoms with E-state index >= 15 is 0 Å². The molecule has 1 aliphatic rings. The maximum Gasteiger partial charge on any atom is 0.240 e. The number of likely N-dealkylation sites (tertiary alicyclic amines) is 1. The third kappa shape index (κ3) is 4.19. The van der Waals surface area contributed by atoms with Gasteiger partial charge in [0.25, 0.3) is 0 Å². The molecule has 0 saturated carbocycles. The van der Waals surface area contributed by atoms with Crippen LogP contribution in [-0.4, -0.2) is 49.7 Å². The molecular weight excluding hydrogens is 312 g/mol. The highest BCUT2D eigenvalue weighted by Crippen LogP contribution is 2.24. The first-order chi connectivity index (χ1) is 11.1. The summed E-state index contributed by atoms with van der Waals surface area (Å²) >= 11 is 0. The van der Waals surface area contributed by atoms with Crippen molar-refractivity contribution in [3.05, 3.63) is 48.3 Å². The number of sulfonamides is 1. The summed E-state index contributed by atoms with van der Waals surface area (Å²) in [5.41, 5.74) is 1.17. The molecule has 0 spiro atoms. The van der Waals surface area contributed by atoms with E-state index < -0.39 is 10.0 Å². The molecule has 0 unspecified atom stereocenters. The number of aromatic amines is 1. The van der Waals surface area contributed by atoms with Crippen molar-refractivity contribution in [1.82, 2.24) is 19.8 Å². The van der Waals surface area contributed by atoms with Gasteiger partial charge in [-0.2, -0.15) is 5.10 Å². The van der Waals surface area contributed by atoms with Gasteiger partial charge in [-0.1, -0.05) is 18.2 Å². The van der Waals surface area contributed by atoms with Crippen molar-refractivity contribution in [2.45, 2.75) is 23.7 Å². The molecule has 1 aliphatic heterocycles. The van der Waals surface area contributed by atoms with Crippen LogP contribution in [0, 0.1) is 0 Å². The lowest BCUT2D eigenvalue weighted by atomic mass is 9.95. The molecule has 3 rings (SSSR count). The summed E-state index contributed by atoms with van der Waals surface area (Å²) in [4.78, 5) is 2.62. The average molecular weight is 334 g/mol. The normalized spacial score (nSPS) is 19.7. The van der Waals surface area contributed by atoms with Crippen LogP contribution < -0.4 is 4.72 Å². The Kier molecular flexibility index (Phi) is 5.09. The smallest absolute Gasteiger partial charge is 0.240 e. The monoisotopic (exact) mass is 334 g/mol. The molecule has 1 aromatic heterocycles. The fourth-order valence-corrected chi connectivity index (χ4v) is 4.07. The van der Waals surface area contributed by atoms with Crippen LogP contribution in [0.2, 0.25) is 0 Å². The summed E-state index contributed by atoms with van der Waals surface area (Å²) in [6, 6.07) is 10.5. The highest BCUT2D eigenvalue weighted by Gasteiger charge is 2.22. The number of aromatic nitrogens is 2. The molecule has 0 bridgehead atoms. The fourth-order valence-electron chi connectivity index (χ4n) is 3.03. The second-order valence-corrected chi connectivity index (χ2v) is 7.63. The molecule has 6 nitrogen and oxygen atoms in total. The maximum absolute atomic E-state index is 12.2. The van der Waals surface area contributed by atoms with Crippen molar-refractivity contribution in [2.75, 3.05) is 26.2 Å². The lowest BCUT2D eigenvalue weighted by Crippen LogP contribution is -2.40. The van der Waals surface area contributed by atoms with Gasteiger partial charge in [-0.25, -0.2) is 13.1 Å². The Labute approximate surface area is 137 Å². The quantitative estimate of drug-likeness (QED) is 0.840. The average Bonchev–Trinajstić information content (AvgIpc) is 3.10. The van der Waals surface area contributed by atoms with E-state index in [9.17, 15) is 8.42 Å². The largest absolute Gasteiger partial charge is 0.301 e. The zero-order valence-electron chi connectivity index (χ0n) is 13.0. The molecule has 1 fully saturated rings. The molecule has 1 saturated heterocycles. The number of hydrogen-bond donors (Lipinski definition) is 2. The van der Waals surface area contributed by atoms with Crippen LogP contribution in [-0.2, 0) is 10.0 Å². The molecular formula is C16H22N4O2S. The van der Waals surface area contributed by atoms with Crippen LogP contribution in [0.4, 0.5) is 0 Å². The van der Waals surface area contributed by atoms with Gasteiger partial charge in [-0.15, -0.1) is 0 Å². The van der Waals surface area contributed by atoms with Gasteiger partial charge in [0, 0.05) is 37.4 Å². The summed E-state index contributed by atoms with van der Waals surface area (Å²) < 4.78 is 27.0. The number of piperidine rings is 1. The van der Waals surface area contributed by atoms with E-state index in [4.69, 9.17) is 0 Å². The molecule has 124 valence electrons. The van der Waals surface area contributed by atoms with Crippen molar-refractivity contribution < 1.29 is 8.42 Å². The first-order valence-electron chi connectivity index (χ1n) is 7.91. The van der Waals surface area contributed by atoms with Crippen LogP contribution in [0.25, 0.3) is 0 Å².